The summed E-state index contributed by atoms with van der Waals surface area (Å²) in [5.74, 6) is 0.843. The molecule has 4 N–H and O–H groups in total. The number of hydrogen-bond acceptors (Lipinski definition) is 6. The number of halogens is 1. The molecule has 0 bridgehead atoms. The molecule has 128 valence electrons. The number of aromatic nitrogens is 3. The number of anilines is 3. The van der Waals surface area contributed by atoms with Gasteiger partial charge in [-0.1, -0.05) is 11.6 Å². The summed E-state index contributed by atoms with van der Waals surface area (Å²) in [6.07, 6.45) is 1.53. The van der Waals surface area contributed by atoms with E-state index in [1.54, 1.807) is 18.2 Å². The minimum Gasteiger partial charge on any atom is -0.508 e. The van der Waals surface area contributed by atoms with Crippen LogP contribution in [0.5, 0.6) is 5.75 Å². The molecule has 0 aliphatic rings. The first-order valence-corrected chi connectivity index (χ1v) is 7.87. The van der Waals surface area contributed by atoms with Crippen molar-refractivity contribution in [2.45, 2.75) is 6.92 Å². The molecule has 0 radical (unpaired) electrons. The van der Waals surface area contributed by atoms with Crippen LogP contribution < -0.4 is 16.0 Å². The summed E-state index contributed by atoms with van der Waals surface area (Å²) in [5, 5.41) is 18.2. The first-order valence-electron chi connectivity index (χ1n) is 7.49. The monoisotopic (exact) mass is 358 g/mol. The molecule has 1 aromatic carbocycles. The van der Waals surface area contributed by atoms with Gasteiger partial charge in [-0.25, -0.2) is 19.7 Å². The lowest BCUT2D eigenvalue weighted by Gasteiger charge is -2.09. The van der Waals surface area contributed by atoms with Gasteiger partial charge in [0.2, 0.25) is 0 Å². The Morgan fingerprint density at radius 1 is 1.20 bits per heavy atom. The van der Waals surface area contributed by atoms with Gasteiger partial charge in [-0.05, 0) is 31.2 Å². The van der Waals surface area contributed by atoms with Crippen LogP contribution >= 0.6 is 11.6 Å². The Morgan fingerprint density at radius 3 is 2.80 bits per heavy atom. The van der Waals surface area contributed by atoms with E-state index >= 15 is 0 Å². The van der Waals surface area contributed by atoms with Crippen LogP contribution in [0.25, 0.3) is 11.2 Å². The predicted molar refractivity (Wildman–Crippen MR) is 96.4 cm³/mol. The summed E-state index contributed by atoms with van der Waals surface area (Å²) in [6.45, 7) is 2.33. The zero-order valence-electron chi connectivity index (χ0n) is 13.2. The fourth-order valence-corrected chi connectivity index (χ4v) is 2.26. The quantitative estimate of drug-likeness (QED) is 0.569. The third-order valence-electron chi connectivity index (χ3n) is 3.20. The molecule has 0 saturated heterocycles. The highest BCUT2D eigenvalue weighted by Gasteiger charge is 2.07. The lowest BCUT2D eigenvalue weighted by Crippen LogP contribution is -2.28. The molecule has 25 heavy (non-hydrogen) atoms. The standard InChI is InChI=1S/C16H15ClN6O2/c1-2-18-16(25)23-13-6-5-11-15(21-13)22-14(8-19-11)20-12-7-9(24)3-4-10(12)17/h3-8,24H,2H2,1H3,(H3,18,20,21,22,23,25). The number of amides is 2. The van der Waals surface area contributed by atoms with E-state index in [0.29, 0.717) is 40.1 Å². The maximum Gasteiger partial charge on any atom is 0.320 e. The summed E-state index contributed by atoms with van der Waals surface area (Å²) in [7, 11) is 0. The van der Waals surface area contributed by atoms with Gasteiger partial charge in [-0.15, -0.1) is 0 Å². The third-order valence-corrected chi connectivity index (χ3v) is 3.53. The number of aromatic hydroxyl groups is 1. The van der Waals surface area contributed by atoms with E-state index in [9.17, 15) is 9.90 Å². The van der Waals surface area contributed by atoms with Crippen LogP contribution in [0.2, 0.25) is 5.02 Å². The van der Waals surface area contributed by atoms with E-state index in [2.05, 4.69) is 30.9 Å². The van der Waals surface area contributed by atoms with E-state index in [4.69, 9.17) is 11.6 Å². The van der Waals surface area contributed by atoms with Crippen molar-refractivity contribution in [2.75, 3.05) is 17.2 Å². The topological polar surface area (TPSA) is 112 Å². The SMILES string of the molecule is CCNC(=O)Nc1ccc2ncc(Nc3cc(O)ccc3Cl)nc2n1. The Balaban J connectivity index is 1.87. The van der Waals surface area contributed by atoms with Crippen LogP contribution in [0, 0.1) is 0 Å². The van der Waals surface area contributed by atoms with Crippen molar-refractivity contribution in [3.8, 4) is 5.75 Å². The van der Waals surface area contributed by atoms with E-state index in [-0.39, 0.29) is 11.8 Å². The van der Waals surface area contributed by atoms with Gasteiger partial charge in [-0.2, -0.15) is 0 Å². The first-order chi connectivity index (χ1) is 12.0. The Hall–Kier alpha value is -3.13. The molecule has 0 fully saturated rings. The average molecular weight is 359 g/mol. The number of carbonyl (C=O) groups excluding carboxylic acids is 1. The number of phenolic OH excluding ortho intramolecular Hbond substituents is 1. The number of nitrogens with zero attached hydrogens (tertiary/aromatic N) is 3. The van der Waals surface area contributed by atoms with Crippen LogP contribution in [-0.4, -0.2) is 32.6 Å². The summed E-state index contributed by atoms with van der Waals surface area (Å²) in [5.41, 5.74) is 1.43. The largest absolute Gasteiger partial charge is 0.508 e. The predicted octanol–water partition coefficient (Wildman–Crippen LogP) is 3.27. The molecule has 0 spiro atoms. The number of carbonyl (C=O) groups is 1. The Bertz CT molecular complexity index is 934. The van der Waals surface area contributed by atoms with Crippen molar-refractivity contribution in [3.63, 3.8) is 0 Å². The van der Waals surface area contributed by atoms with Gasteiger partial charge < -0.3 is 15.7 Å². The van der Waals surface area contributed by atoms with Gasteiger partial charge in [0.25, 0.3) is 0 Å². The highest BCUT2D eigenvalue weighted by molar-refractivity contribution is 6.33. The number of hydrogen-bond donors (Lipinski definition) is 4. The number of fused-ring (bicyclic) bond motifs is 1. The Morgan fingerprint density at radius 2 is 2.00 bits per heavy atom. The molecule has 0 aliphatic heterocycles. The molecule has 3 aromatic rings. The van der Waals surface area contributed by atoms with Crippen molar-refractivity contribution < 1.29 is 9.90 Å². The lowest BCUT2D eigenvalue weighted by molar-refractivity contribution is 0.252. The Labute approximate surface area is 148 Å². The molecule has 0 aliphatic carbocycles. The average Bonchev–Trinajstić information content (AvgIpc) is 2.58. The van der Waals surface area contributed by atoms with Crippen molar-refractivity contribution in [1.29, 1.82) is 0 Å². The zero-order chi connectivity index (χ0) is 17.8. The number of benzene rings is 1. The molecule has 2 aromatic heterocycles. The normalized spacial score (nSPS) is 10.5. The summed E-state index contributed by atoms with van der Waals surface area (Å²) in [6, 6.07) is 7.55. The summed E-state index contributed by atoms with van der Waals surface area (Å²) < 4.78 is 0. The van der Waals surface area contributed by atoms with Gasteiger partial charge in [0.1, 0.15) is 17.1 Å². The van der Waals surface area contributed by atoms with Crippen LogP contribution in [0.4, 0.5) is 22.1 Å². The molecule has 2 amide bonds. The van der Waals surface area contributed by atoms with Crippen molar-refractivity contribution >= 4 is 46.1 Å². The first kappa shape index (κ1) is 16.7. The molecule has 2 heterocycles. The van der Waals surface area contributed by atoms with E-state index < -0.39 is 0 Å². The second-order valence-electron chi connectivity index (χ2n) is 5.07. The van der Waals surface area contributed by atoms with Gasteiger partial charge >= 0.3 is 6.03 Å². The molecule has 3 rings (SSSR count). The van der Waals surface area contributed by atoms with E-state index in [1.807, 2.05) is 6.92 Å². The third kappa shape index (κ3) is 4.04. The molecule has 0 saturated carbocycles. The summed E-state index contributed by atoms with van der Waals surface area (Å²) >= 11 is 6.08. The second-order valence-corrected chi connectivity index (χ2v) is 5.48. The van der Waals surface area contributed by atoms with Gasteiger partial charge in [0, 0.05) is 12.6 Å². The smallest absolute Gasteiger partial charge is 0.320 e. The van der Waals surface area contributed by atoms with Gasteiger partial charge in [0.15, 0.2) is 11.5 Å². The molecule has 9 heteroatoms. The van der Waals surface area contributed by atoms with Crippen molar-refractivity contribution in [1.82, 2.24) is 20.3 Å². The number of urea groups is 1. The van der Waals surface area contributed by atoms with Crippen LogP contribution in [0.3, 0.4) is 0 Å². The van der Waals surface area contributed by atoms with Crippen LogP contribution in [0.1, 0.15) is 6.92 Å². The highest BCUT2D eigenvalue weighted by Crippen LogP contribution is 2.28. The highest BCUT2D eigenvalue weighted by atomic mass is 35.5. The summed E-state index contributed by atoms with van der Waals surface area (Å²) in [4.78, 5) is 24.5. The van der Waals surface area contributed by atoms with Crippen molar-refractivity contribution in [2.24, 2.45) is 0 Å². The second kappa shape index (κ2) is 7.18. The number of nitrogens with one attached hydrogen (secondary N) is 3. The fraction of sp³-hybridized carbons (Fsp3) is 0.125. The minimum atomic E-state index is -0.344. The molecule has 0 atom stereocenters. The fourth-order valence-electron chi connectivity index (χ4n) is 2.10. The molecular formula is C16H15ClN6O2. The molecule has 8 nitrogen and oxygen atoms in total. The van der Waals surface area contributed by atoms with Gasteiger partial charge in [0.05, 0.1) is 16.9 Å². The van der Waals surface area contributed by atoms with Crippen molar-refractivity contribution in [3.05, 3.63) is 41.6 Å². The number of pyridine rings is 1. The molecule has 0 unspecified atom stereocenters. The van der Waals surface area contributed by atoms with E-state index in [1.165, 1.54) is 18.3 Å². The lowest BCUT2D eigenvalue weighted by atomic mass is 10.3. The number of rotatable bonds is 4. The van der Waals surface area contributed by atoms with E-state index in [0.717, 1.165) is 0 Å². The molecular weight excluding hydrogens is 344 g/mol. The van der Waals surface area contributed by atoms with Crippen LogP contribution in [-0.2, 0) is 0 Å². The Kier molecular flexibility index (Phi) is 4.80. The van der Waals surface area contributed by atoms with Crippen LogP contribution in [0.15, 0.2) is 36.5 Å². The zero-order valence-corrected chi connectivity index (χ0v) is 14.0. The maximum absolute atomic E-state index is 11.6. The minimum absolute atomic E-state index is 0.0761. The van der Waals surface area contributed by atoms with Gasteiger partial charge in [-0.3, -0.25) is 5.32 Å². The number of phenols is 1. The maximum atomic E-state index is 11.6.